The summed E-state index contributed by atoms with van der Waals surface area (Å²) in [7, 11) is 0. The molecule has 0 aliphatic heterocycles. The Morgan fingerprint density at radius 3 is 2.67 bits per heavy atom. The predicted molar refractivity (Wildman–Crippen MR) is 67.3 cm³/mol. The van der Waals surface area contributed by atoms with E-state index >= 15 is 0 Å². The number of carboxylic acids is 1. The third-order valence-corrected chi connectivity index (χ3v) is 3.02. The molecule has 0 saturated heterocycles. The molecule has 0 saturated carbocycles. The van der Waals surface area contributed by atoms with E-state index < -0.39 is 17.9 Å². The lowest BCUT2D eigenvalue weighted by Gasteiger charge is -2.20. The first-order chi connectivity index (χ1) is 8.47. The van der Waals surface area contributed by atoms with Crippen LogP contribution in [0.5, 0.6) is 0 Å². The fourth-order valence-corrected chi connectivity index (χ4v) is 1.63. The molecule has 0 radical (unpaired) electrons. The van der Waals surface area contributed by atoms with Gasteiger partial charge in [-0.2, -0.15) is 0 Å². The molecule has 1 heterocycles. The number of hydrogen-bond acceptors (Lipinski definition) is 3. The van der Waals surface area contributed by atoms with Crippen LogP contribution in [0.25, 0.3) is 0 Å². The molecule has 1 rings (SSSR count). The number of nitrogens with zero attached hydrogens (tertiary/aromatic N) is 1. The third-order valence-electron chi connectivity index (χ3n) is 3.02. The van der Waals surface area contributed by atoms with Crippen LogP contribution in [-0.4, -0.2) is 28.0 Å². The lowest BCUT2D eigenvalue weighted by atomic mass is 9.99. The maximum absolute atomic E-state index is 12.0. The van der Waals surface area contributed by atoms with Crippen LogP contribution in [-0.2, 0) is 4.79 Å². The SMILES string of the molecule is CCC(C)C(NC(=O)c1cccnc1C)C(=O)O. The van der Waals surface area contributed by atoms with Crippen molar-refractivity contribution in [2.75, 3.05) is 0 Å². The van der Waals surface area contributed by atoms with Gasteiger partial charge in [0.1, 0.15) is 6.04 Å². The maximum atomic E-state index is 12.0. The average Bonchev–Trinajstić information content (AvgIpc) is 2.35. The summed E-state index contributed by atoms with van der Waals surface area (Å²) in [5.41, 5.74) is 0.996. The maximum Gasteiger partial charge on any atom is 0.326 e. The number of carbonyl (C=O) groups is 2. The molecule has 0 aliphatic carbocycles. The van der Waals surface area contributed by atoms with Gasteiger partial charge in [-0.05, 0) is 25.0 Å². The van der Waals surface area contributed by atoms with E-state index in [4.69, 9.17) is 5.11 Å². The van der Waals surface area contributed by atoms with Crippen LogP contribution in [0.2, 0.25) is 0 Å². The average molecular weight is 250 g/mol. The molecule has 18 heavy (non-hydrogen) atoms. The summed E-state index contributed by atoms with van der Waals surface area (Å²) in [6.07, 6.45) is 2.28. The highest BCUT2D eigenvalue weighted by molar-refractivity contribution is 5.97. The van der Waals surface area contributed by atoms with Crippen LogP contribution in [0.4, 0.5) is 0 Å². The van der Waals surface area contributed by atoms with Crippen LogP contribution in [0.3, 0.4) is 0 Å². The number of aliphatic carboxylic acids is 1. The van der Waals surface area contributed by atoms with Crippen molar-refractivity contribution in [3.05, 3.63) is 29.6 Å². The molecule has 1 aromatic rings. The van der Waals surface area contributed by atoms with Crippen LogP contribution in [0.1, 0.15) is 36.3 Å². The summed E-state index contributed by atoms with van der Waals surface area (Å²) in [5.74, 6) is -1.53. The molecule has 2 N–H and O–H groups in total. The van der Waals surface area contributed by atoms with Gasteiger partial charge in [-0.15, -0.1) is 0 Å². The Morgan fingerprint density at radius 2 is 2.17 bits per heavy atom. The second-order valence-electron chi connectivity index (χ2n) is 4.31. The lowest BCUT2D eigenvalue weighted by molar-refractivity contribution is -0.140. The summed E-state index contributed by atoms with van der Waals surface area (Å²) in [4.78, 5) is 27.1. The van der Waals surface area contributed by atoms with Gasteiger partial charge in [0.2, 0.25) is 0 Å². The van der Waals surface area contributed by atoms with Crippen molar-refractivity contribution < 1.29 is 14.7 Å². The topological polar surface area (TPSA) is 79.3 Å². The molecule has 5 heteroatoms. The second kappa shape index (κ2) is 6.14. The number of hydrogen-bond donors (Lipinski definition) is 2. The fraction of sp³-hybridized carbons (Fsp3) is 0.462. The summed E-state index contributed by atoms with van der Waals surface area (Å²) < 4.78 is 0. The van der Waals surface area contributed by atoms with Gasteiger partial charge in [-0.1, -0.05) is 20.3 Å². The van der Waals surface area contributed by atoms with Crippen molar-refractivity contribution in [3.8, 4) is 0 Å². The van der Waals surface area contributed by atoms with Gasteiger partial charge in [-0.3, -0.25) is 9.78 Å². The predicted octanol–water partition coefficient (Wildman–Crippen LogP) is 1.62. The second-order valence-corrected chi connectivity index (χ2v) is 4.31. The molecule has 0 fully saturated rings. The lowest BCUT2D eigenvalue weighted by Crippen LogP contribution is -2.45. The molecule has 0 bridgehead atoms. The van der Waals surface area contributed by atoms with Gasteiger partial charge >= 0.3 is 5.97 Å². The van der Waals surface area contributed by atoms with E-state index in [0.29, 0.717) is 17.7 Å². The number of carbonyl (C=O) groups excluding carboxylic acids is 1. The molecule has 98 valence electrons. The van der Waals surface area contributed by atoms with Gasteiger partial charge in [-0.25, -0.2) is 4.79 Å². The number of pyridine rings is 1. The van der Waals surface area contributed by atoms with Crippen molar-refractivity contribution in [1.29, 1.82) is 0 Å². The zero-order chi connectivity index (χ0) is 13.7. The molecule has 0 spiro atoms. The molecule has 5 nitrogen and oxygen atoms in total. The van der Waals surface area contributed by atoms with E-state index in [9.17, 15) is 9.59 Å². The van der Waals surface area contributed by atoms with Crippen LogP contribution >= 0.6 is 0 Å². The van der Waals surface area contributed by atoms with Gasteiger partial charge in [0.05, 0.1) is 5.56 Å². The van der Waals surface area contributed by atoms with E-state index in [2.05, 4.69) is 10.3 Å². The van der Waals surface area contributed by atoms with Gasteiger partial charge in [0.25, 0.3) is 5.91 Å². The first-order valence-electron chi connectivity index (χ1n) is 5.92. The standard InChI is InChI=1S/C13H18N2O3/c1-4-8(2)11(13(17)18)15-12(16)10-6-5-7-14-9(10)3/h5-8,11H,4H2,1-3H3,(H,15,16)(H,17,18). The van der Waals surface area contributed by atoms with E-state index in [1.807, 2.05) is 6.92 Å². The number of carboxylic acid groups (broad SMARTS) is 1. The Morgan fingerprint density at radius 1 is 1.50 bits per heavy atom. The number of aryl methyl sites for hydroxylation is 1. The highest BCUT2D eigenvalue weighted by Gasteiger charge is 2.26. The molecule has 1 amide bonds. The van der Waals surface area contributed by atoms with Crippen molar-refractivity contribution in [3.63, 3.8) is 0 Å². The minimum atomic E-state index is -1.01. The van der Waals surface area contributed by atoms with E-state index in [-0.39, 0.29) is 5.92 Å². The van der Waals surface area contributed by atoms with Gasteiger partial charge < -0.3 is 10.4 Å². The smallest absolute Gasteiger partial charge is 0.326 e. The fourth-order valence-electron chi connectivity index (χ4n) is 1.63. The van der Waals surface area contributed by atoms with Gasteiger partial charge in [0.15, 0.2) is 0 Å². The molecule has 0 aromatic carbocycles. The zero-order valence-electron chi connectivity index (χ0n) is 10.8. The molecular weight excluding hydrogens is 232 g/mol. The summed E-state index contributed by atoms with van der Waals surface area (Å²) >= 11 is 0. The number of nitrogens with one attached hydrogen (secondary N) is 1. The molecule has 1 aromatic heterocycles. The molecular formula is C13H18N2O3. The number of rotatable bonds is 5. The molecule has 2 unspecified atom stereocenters. The van der Waals surface area contributed by atoms with Crippen LogP contribution in [0.15, 0.2) is 18.3 Å². The Balaban J connectivity index is 2.86. The van der Waals surface area contributed by atoms with Gasteiger partial charge in [0, 0.05) is 11.9 Å². The number of aromatic nitrogens is 1. The Labute approximate surface area is 106 Å². The Hall–Kier alpha value is -1.91. The largest absolute Gasteiger partial charge is 0.480 e. The zero-order valence-corrected chi connectivity index (χ0v) is 10.8. The third kappa shape index (κ3) is 3.29. The number of amides is 1. The Bertz CT molecular complexity index is 446. The summed E-state index contributed by atoms with van der Waals surface area (Å²) in [6, 6.07) is 2.41. The highest BCUT2D eigenvalue weighted by Crippen LogP contribution is 2.10. The minimum absolute atomic E-state index is 0.122. The molecule has 2 atom stereocenters. The highest BCUT2D eigenvalue weighted by atomic mass is 16.4. The minimum Gasteiger partial charge on any atom is -0.480 e. The molecule has 0 aliphatic rings. The van der Waals surface area contributed by atoms with E-state index in [1.165, 1.54) is 0 Å². The monoisotopic (exact) mass is 250 g/mol. The summed E-state index contributed by atoms with van der Waals surface area (Å²) in [6.45, 7) is 5.41. The van der Waals surface area contributed by atoms with E-state index in [0.717, 1.165) is 0 Å². The van der Waals surface area contributed by atoms with Crippen molar-refractivity contribution in [2.24, 2.45) is 5.92 Å². The first-order valence-corrected chi connectivity index (χ1v) is 5.92. The van der Waals surface area contributed by atoms with Crippen LogP contribution in [0, 0.1) is 12.8 Å². The quantitative estimate of drug-likeness (QED) is 0.832. The van der Waals surface area contributed by atoms with Crippen molar-refractivity contribution >= 4 is 11.9 Å². The Kier molecular flexibility index (Phi) is 4.83. The summed E-state index contributed by atoms with van der Waals surface area (Å²) in [5, 5.41) is 11.7. The van der Waals surface area contributed by atoms with Crippen LogP contribution < -0.4 is 5.32 Å². The first kappa shape index (κ1) is 14.2. The van der Waals surface area contributed by atoms with E-state index in [1.54, 1.807) is 32.2 Å². The van der Waals surface area contributed by atoms with Crippen molar-refractivity contribution in [2.45, 2.75) is 33.2 Å². The normalized spacial score (nSPS) is 13.7. The van der Waals surface area contributed by atoms with Crippen molar-refractivity contribution in [1.82, 2.24) is 10.3 Å².